The van der Waals surface area contributed by atoms with Crippen molar-refractivity contribution in [3.8, 4) is 12.3 Å². The Labute approximate surface area is 62.2 Å². The van der Waals surface area contributed by atoms with E-state index in [1.54, 1.807) is 7.11 Å². The van der Waals surface area contributed by atoms with Crippen molar-refractivity contribution in [2.75, 3.05) is 7.11 Å². The van der Waals surface area contributed by atoms with Crippen LogP contribution in [0.5, 0.6) is 0 Å². The summed E-state index contributed by atoms with van der Waals surface area (Å²) in [6.45, 7) is 1.90. The Balaban J connectivity index is 3.38. The topological polar surface area (TPSA) is 29.5 Å². The Morgan fingerprint density at radius 2 is 2.30 bits per heavy atom. The molecule has 0 spiro atoms. The lowest BCUT2D eigenvalue weighted by Gasteiger charge is -2.12. The second-order valence-electron chi connectivity index (χ2n) is 2.34. The molecule has 58 valence electrons. The second-order valence-corrected chi connectivity index (χ2v) is 2.34. The maximum atomic E-state index is 9.13. The number of aliphatic hydroxyl groups is 1. The van der Waals surface area contributed by atoms with Crippen LogP contribution in [0.25, 0.3) is 0 Å². The summed E-state index contributed by atoms with van der Waals surface area (Å²) in [6, 6.07) is 0. The van der Waals surface area contributed by atoms with Crippen LogP contribution in [-0.4, -0.2) is 24.4 Å². The summed E-state index contributed by atoms with van der Waals surface area (Å²) < 4.78 is 4.94. The van der Waals surface area contributed by atoms with Crippen molar-refractivity contribution < 1.29 is 9.84 Å². The minimum atomic E-state index is -0.417. The number of ether oxygens (including phenoxy) is 1. The molecular weight excluding hydrogens is 128 g/mol. The third-order valence-electron chi connectivity index (χ3n) is 1.36. The van der Waals surface area contributed by atoms with Crippen LogP contribution in [0.4, 0.5) is 0 Å². The molecule has 0 amide bonds. The summed E-state index contributed by atoms with van der Waals surface area (Å²) in [7, 11) is 1.62. The fourth-order valence-electron chi connectivity index (χ4n) is 0.699. The van der Waals surface area contributed by atoms with E-state index in [0.717, 1.165) is 0 Å². The van der Waals surface area contributed by atoms with Crippen LogP contribution in [0.3, 0.4) is 0 Å². The monoisotopic (exact) mass is 142 g/mol. The van der Waals surface area contributed by atoms with Gasteiger partial charge in [0.1, 0.15) is 0 Å². The first-order chi connectivity index (χ1) is 4.70. The molecule has 0 fully saturated rings. The van der Waals surface area contributed by atoms with E-state index >= 15 is 0 Å². The van der Waals surface area contributed by atoms with E-state index in [4.69, 9.17) is 16.3 Å². The zero-order valence-corrected chi connectivity index (χ0v) is 6.50. The maximum Gasteiger partial charge on any atom is 0.0673 e. The normalized spacial score (nSPS) is 15.8. The van der Waals surface area contributed by atoms with Gasteiger partial charge in [-0.05, 0) is 6.92 Å². The van der Waals surface area contributed by atoms with Crippen LogP contribution >= 0.6 is 0 Å². The van der Waals surface area contributed by atoms with Gasteiger partial charge in [-0.25, -0.2) is 0 Å². The number of methoxy groups -OCH3 is 1. The smallest absolute Gasteiger partial charge is 0.0673 e. The van der Waals surface area contributed by atoms with E-state index in [2.05, 4.69) is 5.92 Å². The first kappa shape index (κ1) is 9.48. The Morgan fingerprint density at radius 3 is 2.70 bits per heavy atom. The number of terminal acetylenes is 1. The maximum absolute atomic E-state index is 9.13. The van der Waals surface area contributed by atoms with Crippen LogP contribution in [0.1, 0.15) is 19.8 Å². The van der Waals surface area contributed by atoms with Crippen LogP contribution in [0, 0.1) is 12.3 Å². The lowest BCUT2D eigenvalue weighted by molar-refractivity contribution is 0.0584. The highest BCUT2D eigenvalue weighted by atomic mass is 16.5. The predicted molar refractivity (Wildman–Crippen MR) is 40.5 cm³/mol. The van der Waals surface area contributed by atoms with Gasteiger partial charge in [-0.15, -0.1) is 12.3 Å². The van der Waals surface area contributed by atoms with Crippen molar-refractivity contribution >= 4 is 0 Å². The first-order valence-corrected chi connectivity index (χ1v) is 3.35. The van der Waals surface area contributed by atoms with Gasteiger partial charge in [0.25, 0.3) is 0 Å². The van der Waals surface area contributed by atoms with Gasteiger partial charge >= 0.3 is 0 Å². The van der Waals surface area contributed by atoms with E-state index in [9.17, 15) is 0 Å². The second kappa shape index (κ2) is 5.28. The van der Waals surface area contributed by atoms with E-state index in [0.29, 0.717) is 12.8 Å². The van der Waals surface area contributed by atoms with Crippen LogP contribution in [-0.2, 0) is 4.74 Å². The molecule has 10 heavy (non-hydrogen) atoms. The molecule has 2 heteroatoms. The van der Waals surface area contributed by atoms with Crippen molar-refractivity contribution in [2.45, 2.75) is 32.0 Å². The van der Waals surface area contributed by atoms with Crippen LogP contribution in [0.15, 0.2) is 0 Å². The van der Waals surface area contributed by atoms with Crippen molar-refractivity contribution in [3.63, 3.8) is 0 Å². The predicted octanol–water partition coefficient (Wildman–Crippen LogP) is 0.796. The van der Waals surface area contributed by atoms with Crippen molar-refractivity contribution in [2.24, 2.45) is 0 Å². The lowest BCUT2D eigenvalue weighted by Crippen LogP contribution is -2.15. The molecule has 0 aliphatic rings. The molecule has 0 radical (unpaired) electrons. The molecule has 0 aromatic heterocycles. The average molecular weight is 142 g/mol. The molecule has 0 aliphatic carbocycles. The van der Waals surface area contributed by atoms with Gasteiger partial charge in [-0.1, -0.05) is 0 Å². The number of hydrogen-bond acceptors (Lipinski definition) is 2. The van der Waals surface area contributed by atoms with Crippen molar-refractivity contribution in [1.82, 2.24) is 0 Å². The Bertz CT molecular complexity index is 115. The molecule has 2 atom stereocenters. The standard InChI is InChI=1S/C8H14O2/c1-4-5-8(9)6-7(2)10-3/h1,7-9H,5-6H2,2-3H3. The number of rotatable bonds is 4. The highest BCUT2D eigenvalue weighted by molar-refractivity contribution is 4.87. The lowest BCUT2D eigenvalue weighted by atomic mass is 10.1. The summed E-state index contributed by atoms with van der Waals surface area (Å²) >= 11 is 0. The fraction of sp³-hybridized carbons (Fsp3) is 0.750. The SMILES string of the molecule is C#CCC(O)CC(C)OC. The highest BCUT2D eigenvalue weighted by Crippen LogP contribution is 2.03. The Morgan fingerprint density at radius 1 is 1.70 bits per heavy atom. The average Bonchev–Trinajstić information content (AvgIpc) is 1.88. The Hall–Kier alpha value is -0.520. The molecule has 2 nitrogen and oxygen atoms in total. The summed E-state index contributed by atoms with van der Waals surface area (Å²) in [5.41, 5.74) is 0. The van der Waals surface area contributed by atoms with Gasteiger partial charge in [-0.2, -0.15) is 0 Å². The molecule has 0 saturated carbocycles. The number of hydrogen-bond donors (Lipinski definition) is 1. The van der Waals surface area contributed by atoms with Gasteiger partial charge in [0.05, 0.1) is 12.2 Å². The van der Waals surface area contributed by atoms with Gasteiger partial charge in [-0.3, -0.25) is 0 Å². The quantitative estimate of drug-likeness (QED) is 0.588. The zero-order chi connectivity index (χ0) is 7.98. The van der Waals surface area contributed by atoms with E-state index in [-0.39, 0.29) is 6.10 Å². The van der Waals surface area contributed by atoms with Gasteiger partial charge in [0.2, 0.25) is 0 Å². The molecular formula is C8H14O2. The molecule has 0 aliphatic heterocycles. The molecule has 1 N–H and O–H groups in total. The third-order valence-corrected chi connectivity index (χ3v) is 1.36. The van der Waals surface area contributed by atoms with Gasteiger partial charge in [0.15, 0.2) is 0 Å². The van der Waals surface area contributed by atoms with E-state index in [1.807, 2.05) is 6.92 Å². The van der Waals surface area contributed by atoms with Crippen LogP contribution < -0.4 is 0 Å². The summed E-state index contributed by atoms with van der Waals surface area (Å²) in [6.07, 6.45) is 5.69. The largest absolute Gasteiger partial charge is 0.392 e. The molecule has 0 rings (SSSR count). The highest BCUT2D eigenvalue weighted by Gasteiger charge is 2.07. The molecule has 0 saturated heterocycles. The fourth-order valence-corrected chi connectivity index (χ4v) is 0.699. The Kier molecular flexibility index (Phi) is 5.00. The van der Waals surface area contributed by atoms with Crippen molar-refractivity contribution in [3.05, 3.63) is 0 Å². The third kappa shape index (κ3) is 4.37. The molecule has 2 unspecified atom stereocenters. The minimum absolute atomic E-state index is 0.0864. The number of aliphatic hydroxyl groups excluding tert-OH is 1. The van der Waals surface area contributed by atoms with E-state index < -0.39 is 6.10 Å². The van der Waals surface area contributed by atoms with Crippen LogP contribution in [0.2, 0.25) is 0 Å². The molecule has 0 aromatic rings. The summed E-state index contributed by atoms with van der Waals surface area (Å²) in [4.78, 5) is 0. The molecule has 0 aromatic carbocycles. The molecule has 0 heterocycles. The summed E-state index contributed by atoms with van der Waals surface area (Å²) in [5, 5.41) is 9.13. The van der Waals surface area contributed by atoms with E-state index in [1.165, 1.54) is 0 Å². The van der Waals surface area contributed by atoms with Gasteiger partial charge < -0.3 is 9.84 Å². The molecule has 0 bridgehead atoms. The first-order valence-electron chi connectivity index (χ1n) is 3.35. The summed E-state index contributed by atoms with van der Waals surface area (Å²) in [5.74, 6) is 2.39. The zero-order valence-electron chi connectivity index (χ0n) is 6.50. The van der Waals surface area contributed by atoms with Gasteiger partial charge in [0, 0.05) is 20.0 Å². The minimum Gasteiger partial charge on any atom is -0.392 e. The van der Waals surface area contributed by atoms with Crippen molar-refractivity contribution in [1.29, 1.82) is 0 Å².